The Balaban J connectivity index is 1.81. The van der Waals surface area contributed by atoms with Crippen molar-refractivity contribution in [1.82, 2.24) is 4.90 Å². The molecule has 0 aromatic carbocycles. The zero-order chi connectivity index (χ0) is 19.9. The summed E-state index contributed by atoms with van der Waals surface area (Å²) in [5, 5.41) is 11.6. The van der Waals surface area contributed by atoms with Gasteiger partial charge in [0.1, 0.15) is 6.10 Å². The SMILES string of the molecule is CC(=O)O[C@@H]1[CH][C@@]2(O)[C@H](C)CC[C@@H](C(C)CN(C(C)=O)C3CC3)[C@H]2C=C1C. The molecule has 3 rings (SSSR count). The highest BCUT2D eigenvalue weighted by molar-refractivity contribution is 5.74. The van der Waals surface area contributed by atoms with Crippen LogP contribution in [0.15, 0.2) is 11.6 Å². The number of ether oxygens (including phenoxy) is 1. The Labute approximate surface area is 163 Å². The summed E-state index contributed by atoms with van der Waals surface area (Å²) in [6.45, 7) is 10.1. The Morgan fingerprint density at radius 1 is 1.30 bits per heavy atom. The lowest BCUT2D eigenvalue weighted by atomic mass is 9.57. The third-order valence-corrected chi connectivity index (χ3v) is 6.93. The summed E-state index contributed by atoms with van der Waals surface area (Å²) < 4.78 is 5.42. The topological polar surface area (TPSA) is 66.8 Å². The third kappa shape index (κ3) is 4.08. The molecule has 2 saturated carbocycles. The second kappa shape index (κ2) is 7.57. The zero-order valence-corrected chi connectivity index (χ0v) is 17.3. The van der Waals surface area contributed by atoms with E-state index >= 15 is 0 Å². The first-order valence-electron chi connectivity index (χ1n) is 10.3. The van der Waals surface area contributed by atoms with Crippen molar-refractivity contribution < 1.29 is 19.4 Å². The standard InChI is InChI=1S/C22H34NO4/c1-13-10-20-19(14(2)12-23(16(4)24)18-7-8-18)9-6-15(3)22(20,26)11-21(13)27-17(5)25/h10-11,14-15,18-21,26H,6-9,12H2,1-5H3/t14?,15-,19+,20-,21-,22-/m1/s1. The Morgan fingerprint density at radius 3 is 2.52 bits per heavy atom. The van der Waals surface area contributed by atoms with Crippen LogP contribution < -0.4 is 0 Å². The van der Waals surface area contributed by atoms with E-state index in [1.165, 1.54) is 6.92 Å². The molecular formula is C22H34NO4. The number of fused-ring (bicyclic) bond motifs is 1. The molecule has 6 atom stereocenters. The predicted octanol–water partition coefficient (Wildman–Crippen LogP) is 3.12. The Kier molecular flexibility index (Phi) is 5.72. The van der Waals surface area contributed by atoms with Gasteiger partial charge in [-0.25, -0.2) is 0 Å². The molecule has 0 heterocycles. The quantitative estimate of drug-likeness (QED) is 0.591. The van der Waals surface area contributed by atoms with E-state index in [4.69, 9.17) is 4.74 Å². The van der Waals surface area contributed by atoms with E-state index in [9.17, 15) is 14.7 Å². The summed E-state index contributed by atoms with van der Waals surface area (Å²) in [7, 11) is 0. The van der Waals surface area contributed by atoms with Crippen molar-refractivity contribution in [3.05, 3.63) is 18.1 Å². The lowest BCUT2D eigenvalue weighted by Gasteiger charge is -2.53. The second-order valence-corrected chi connectivity index (χ2v) is 9.04. The van der Waals surface area contributed by atoms with E-state index in [1.54, 1.807) is 6.92 Å². The Bertz CT molecular complexity index is 626. The minimum Gasteiger partial charge on any atom is -0.458 e. The van der Waals surface area contributed by atoms with Crippen molar-refractivity contribution in [3.8, 4) is 0 Å². The fourth-order valence-corrected chi connectivity index (χ4v) is 5.12. The molecule has 27 heavy (non-hydrogen) atoms. The highest BCUT2D eigenvalue weighted by atomic mass is 16.5. The third-order valence-electron chi connectivity index (χ3n) is 6.93. The van der Waals surface area contributed by atoms with Crippen LogP contribution >= 0.6 is 0 Å². The minimum atomic E-state index is -0.975. The van der Waals surface area contributed by atoms with E-state index in [0.717, 1.165) is 37.8 Å². The van der Waals surface area contributed by atoms with Crippen LogP contribution in [-0.4, -0.2) is 46.2 Å². The summed E-state index contributed by atoms with van der Waals surface area (Å²) in [6, 6.07) is 0.412. The molecule has 1 N–H and O–H groups in total. The van der Waals surface area contributed by atoms with Crippen LogP contribution in [0.1, 0.15) is 60.3 Å². The molecule has 3 aliphatic rings. The molecule has 5 heteroatoms. The van der Waals surface area contributed by atoms with Gasteiger partial charge in [-0.3, -0.25) is 9.59 Å². The van der Waals surface area contributed by atoms with E-state index in [1.807, 2.05) is 18.2 Å². The first kappa shape index (κ1) is 20.4. The number of amides is 1. The highest BCUT2D eigenvalue weighted by Gasteiger charge is 2.53. The van der Waals surface area contributed by atoms with Crippen LogP contribution in [0.2, 0.25) is 0 Å². The van der Waals surface area contributed by atoms with Crippen LogP contribution in [0.25, 0.3) is 0 Å². The maximum atomic E-state index is 12.0. The molecule has 0 aliphatic heterocycles. The van der Waals surface area contributed by atoms with Gasteiger partial charge in [-0.05, 0) is 55.9 Å². The molecule has 0 spiro atoms. The summed E-state index contributed by atoms with van der Waals surface area (Å²) in [5.41, 5.74) is 0.00838. The van der Waals surface area contributed by atoms with Gasteiger partial charge in [0.25, 0.3) is 0 Å². The summed E-state index contributed by atoms with van der Waals surface area (Å²) in [5.74, 6) is 0.538. The van der Waals surface area contributed by atoms with Gasteiger partial charge < -0.3 is 14.7 Å². The number of aliphatic hydroxyl groups is 1. The lowest BCUT2D eigenvalue weighted by Crippen LogP contribution is -2.56. The maximum Gasteiger partial charge on any atom is 0.303 e. The number of carbonyl (C=O) groups excluding carboxylic acids is 2. The second-order valence-electron chi connectivity index (χ2n) is 9.04. The molecule has 1 unspecified atom stereocenters. The van der Waals surface area contributed by atoms with Crippen LogP contribution in [0, 0.1) is 30.1 Å². The monoisotopic (exact) mass is 376 g/mol. The van der Waals surface area contributed by atoms with Gasteiger partial charge in [0.2, 0.25) is 5.91 Å². The van der Waals surface area contributed by atoms with E-state index in [-0.39, 0.29) is 23.7 Å². The normalized spacial score (nSPS) is 37.0. The summed E-state index contributed by atoms with van der Waals surface area (Å²) in [6.07, 6.45) is 7.71. The number of esters is 1. The molecule has 1 amide bonds. The molecule has 0 aromatic rings. The van der Waals surface area contributed by atoms with Gasteiger partial charge in [0.05, 0.1) is 5.60 Å². The Hall–Kier alpha value is -1.36. The van der Waals surface area contributed by atoms with Crippen molar-refractivity contribution in [2.45, 2.75) is 78.0 Å². The number of carbonyl (C=O) groups is 2. The van der Waals surface area contributed by atoms with E-state index in [2.05, 4.69) is 19.9 Å². The van der Waals surface area contributed by atoms with Crippen molar-refractivity contribution in [1.29, 1.82) is 0 Å². The zero-order valence-electron chi connectivity index (χ0n) is 17.3. The van der Waals surface area contributed by atoms with Crippen molar-refractivity contribution >= 4 is 11.9 Å². The van der Waals surface area contributed by atoms with Crippen LogP contribution in [0.3, 0.4) is 0 Å². The molecule has 151 valence electrons. The predicted molar refractivity (Wildman–Crippen MR) is 104 cm³/mol. The van der Waals surface area contributed by atoms with Gasteiger partial charge in [0.15, 0.2) is 0 Å². The average molecular weight is 377 g/mol. The molecule has 0 saturated heterocycles. The molecule has 5 nitrogen and oxygen atoms in total. The molecule has 0 bridgehead atoms. The number of hydrogen-bond acceptors (Lipinski definition) is 4. The van der Waals surface area contributed by atoms with E-state index < -0.39 is 11.7 Å². The molecular weight excluding hydrogens is 342 g/mol. The van der Waals surface area contributed by atoms with Crippen LogP contribution in [-0.2, 0) is 14.3 Å². The van der Waals surface area contributed by atoms with Gasteiger partial charge in [0, 0.05) is 38.8 Å². The van der Waals surface area contributed by atoms with Gasteiger partial charge in [-0.2, -0.15) is 0 Å². The largest absolute Gasteiger partial charge is 0.458 e. The summed E-state index contributed by atoms with van der Waals surface area (Å²) >= 11 is 0. The smallest absolute Gasteiger partial charge is 0.303 e. The van der Waals surface area contributed by atoms with Gasteiger partial charge in [-0.15, -0.1) is 0 Å². The van der Waals surface area contributed by atoms with Crippen molar-refractivity contribution in [2.75, 3.05) is 6.54 Å². The minimum absolute atomic E-state index is 0.00364. The first-order chi connectivity index (χ1) is 12.6. The van der Waals surface area contributed by atoms with Crippen LogP contribution in [0.5, 0.6) is 0 Å². The van der Waals surface area contributed by atoms with Crippen molar-refractivity contribution in [2.24, 2.45) is 23.7 Å². The lowest BCUT2D eigenvalue weighted by molar-refractivity contribution is -0.148. The van der Waals surface area contributed by atoms with Gasteiger partial charge in [-0.1, -0.05) is 19.9 Å². The van der Waals surface area contributed by atoms with Crippen LogP contribution in [0.4, 0.5) is 0 Å². The highest BCUT2D eigenvalue weighted by Crippen LogP contribution is 2.51. The summed E-state index contributed by atoms with van der Waals surface area (Å²) in [4.78, 5) is 25.5. The number of rotatable bonds is 5. The number of hydrogen-bond donors (Lipinski definition) is 1. The average Bonchev–Trinajstić information content (AvgIpc) is 3.39. The molecule has 3 aliphatic carbocycles. The van der Waals surface area contributed by atoms with Gasteiger partial charge >= 0.3 is 5.97 Å². The molecule has 0 aromatic heterocycles. The maximum absolute atomic E-state index is 12.0. The number of nitrogens with zero attached hydrogens (tertiary/aromatic N) is 1. The first-order valence-corrected chi connectivity index (χ1v) is 10.3. The molecule has 1 radical (unpaired) electrons. The fourth-order valence-electron chi connectivity index (χ4n) is 5.12. The van der Waals surface area contributed by atoms with E-state index in [0.29, 0.717) is 17.9 Å². The Morgan fingerprint density at radius 2 is 1.96 bits per heavy atom. The fraction of sp³-hybridized carbons (Fsp3) is 0.773. The van der Waals surface area contributed by atoms with Crippen molar-refractivity contribution in [3.63, 3.8) is 0 Å². The molecule has 2 fully saturated rings.